The Morgan fingerprint density at radius 1 is 1.24 bits per heavy atom. The van der Waals surface area contributed by atoms with Gasteiger partial charge in [0, 0.05) is 5.69 Å². The zero-order chi connectivity index (χ0) is 15.0. The molecule has 3 rings (SSSR count). The summed E-state index contributed by atoms with van der Waals surface area (Å²) < 4.78 is 6.02. The van der Waals surface area contributed by atoms with Crippen LogP contribution in [0.5, 0.6) is 5.88 Å². The number of pyridine rings is 1. The molecule has 1 heterocycles. The second-order valence-corrected chi connectivity index (χ2v) is 6.76. The van der Waals surface area contributed by atoms with Crippen LogP contribution < -0.4 is 4.74 Å². The second-order valence-electron chi connectivity index (χ2n) is 6.76. The minimum Gasteiger partial charge on any atom is -0.477 e. The highest BCUT2D eigenvalue weighted by atomic mass is 16.5. The minimum absolute atomic E-state index is 0.0915. The molecule has 1 aromatic heterocycles. The van der Waals surface area contributed by atoms with E-state index < -0.39 is 5.97 Å². The second kappa shape index (κ2) is 5.66. The Morgan fingerprint density at radius 3 is 2.62 bits per heavy atom. The van der Waals surface area contributed by atoms with Crippen molar-refractivity contribution in [1.82, 2.24) is 4.98 Å². The van der Waals surface area contributed by atoms with E-state index in [1.54, 1.807) is 6.07 Å². The number of aryl methyl sites for hydroxylation is 2. The molecule has 0 radical (unpaired) electrons. The van der Waals surface area contributed by atoms with Gasteiger partial charge < -0.3 is 9.84 Å². The van der Waals surface area contributed by atoms with E-state index in [4.69, 9.17) is 4.74 Å². The highest BCUT2D eigenvalue weighted by molar-refractivity contribution is 5.90. The molecule has 0 bridgehead atoms. The summed E-state index contributed by atoms with van der Waals surface area (Å²) in [6, 6.07) is 1.77. The fourth-order valence-electron chi connectivity index (χ4n) is 3.82. The van der Waals surface area contributed by atoms with E-state index in [1.807, 2.05) is 0 Å². The highest BCUT2D eigenvalue weighted by Gasteiger charge is 2.28. The monoisotopic (exact) mass is 289 g/mol. The summed E-state index contributed by atoms with van der Waals surface area (Å²) in [4.78, 5) is 16.0. The van der Waals surface area contributed by atoms with Gasteiger partial charge in [0.2, 0.25) is 5.88 Å². The Bertz CT molecular complexity index is 545. The summed E-state index contributed by atoms with van der Waals surface area (Å²) in [5.41, 5.74) is 2.32. The van der Waals surface area contributed by atoms with Gasteiger partial charge in [-0.2, -0.15) is 0 Å². The summed E-state index contributed by atoms with van der Waals surface area (Å²) in [5, 5.41) is 9.41. The maximum Gasteiger partial charge on any atom is 0.341 e. The SMILES string of the molecule is CC1CC(C)CC(Oc2nc3c(cc2C(=O)O)CCC3)C1. The van der Waals surface area contributed by atoms with Gasteiger partial charge >= 0.3 is 5.97 Å². The number of nitrogens with zero attached hydrogens (tertiary/aromatic N) is 1. The van der Waals surface area contributed by atoms with Crippen molar-refractivity contribution < 1.29 is 14.6 Å². The van der Waals surface area contributed by atoms with Gasteiger partial charge in [0.1, 0.15) is 11.7 Å². The third-order valence-corrected chi connectivity index (χ3v) is 4.66. The quantitative estimate of drug-likeness (QED) is 0.925. The van der Waals surface area contributed by atoms with Gasteiger partial charge in [-0.05, 0) is 62.0 Å². The molecule has 2 atom stereocenters. The Kier molecular flexibility index (Phi) is 3.87. The lowest BCUT2D eigenvalue weighted by Crippen LogP contribution is -2.29. The van der Waals surface area contributed by atoms with Crippen LogP contribution in [0.15, 0.2) is 6.07 Å². The van der Waals surface area contributed by atoms with Crippen LogP contribution in [0.4, 0.5) is 0 Å². The number of aromatic carboxylic acids is 1. The number of hydrogen-bond donors (Lipinski definition) is 1. The molecule has 1 fully saturated rings. The molecule has 2 unspecified atom stereocenters. The van der Waals surface area contributed by atoms with Crippen molar-refractivity contribution in [2.75, 3.05) is 0 Å². The van der Waals surface area contributed by atoms with Crippen molar-refractivity contribution in [3.05, 3.63) is 22.9 Å². The van der Waals surface area contributed by atoms with E-state index in [2.05, 4.69) is 18.8 Å². The van der Waals surface area contributed by atoms with E-state index in [0.29, 0.717) is 17.7 Å². The Morgan fingerprint density at radius 2 is 1.95 bits per heavy atom. The van der Waals surface area contributed by atoms with E-state index >= 15 is 0 Å². The first-order valence-electron chi connectivity index (χ1n) is 7.95. The minimum atomic E-state index is -0.941. The molecule has 0 aromatic carbocycles. The summed E-state index contributed by atoms with van der Waals surface area (Å²) in [5.74, 6) is 0.640. The van der Waals surface area contributed by atoms with E-state index in [1.165, 1.54) is 6.42 Å². The molecular weight excluding hydrogens is 266 g/mol. The van der Waals surface area contributed by atoms with Crippen molar-refractivity contribution >= 4 is 5.97 Å². The van der Waals surface area contributed by atoms with Crippen molar-refractivity contribution in [1.29, 1.82) is 0 Å². The van der Waals surface area contributed by atoms with Crippen LogP contribution in [0.1, 0.15) is 61.1 Å². The number of fused-ring (bicyclic) bond motifs is 1. The number of carboxylic acids is 1. The number of hydrogen-bond acceptors (Lipinski definition) is 3. The van der Waals surface area contributed by atoms with Gasteiger partial charge in [0.05, 0.1) is 0 Å². The third-order valence-electron chi connectivity index (χ3n) is 4.66. The molecule has 4 nitrogen and oxygen atoms in total. The van der Waals surface area contributed by atoms with Gasteiger partial charge in [-0.25, -0.2) is 9.78 Å². The number of ether oxygens (including phenoxy) is 1. The molecule has 114 valence electrons. The van der Waals surface area contributed by atoms with Crippen molar-refractivity contribution in [3.63, 3.8) is 0 Å². The summed E-state index contributed by atoms with van der Waals surface area (Å²) >= 11 is 0. The lowest BCUT2D eigenvalue weighted by Gasteiger charge is -2.31. The smallest absolute Gasteiger partial charge is 0.341 e. The Balaban J connectivity index is 1.85. The molecular formula is C17H23NO3. The van der Waals surface area contributed by atoms with Gasteiger partial charge in [-0.3, -0.25) is 0 Å². The number of aromatic nitrogens is 1. The van der Waals surface area contributed by atoms with E-state index in [9.17, 15) is 9.90 Å². The highest BCUT2D eigenvalue weighted by Crippen LogP contribution is 2.33. The largest absolute Gasteiger partial charge is 0.477 e. The molecule has 0 spiro atoms. The van der Waals surface area contributed by atoms with Crippen molar-refractivity contribution in [3.8, 4) is 5.88 Å². The average molecular weight is 289 g/mol. The molecule has 1 N–H and O–H groups in total. The standard InChI is InChI=1S/C17H23NO3/c1-10-6-11(2)8-13(7-10)21-16-14(17(19)20)9-12-4-3-5-15(12)18-16/h9-11,13H,3-8H2,1-2H3,(H,19,20). The molecule has 2 aliphatic carbocycles. The Hall–Kier alpha value is -1.58. The number of carboxylic acid groups (broad SMARTS) is 1. The van der Waals surface area contributed by atoms with Gasteiger partial charge in [0.25, 0.3) is 0 Å². The van der Waals surface area contributed by atoms with Crippen LogP contribution in [0.2, 0.25) is 0 Å². The van der Waals surface area contributed by atoms with E-state index in [0.717, 1.165) is 43.4 Å². The van der Waals surface area contributed by atoms with Crippen LogP contribution in [0.3, 0.4) is 0 Å². The predicted octanol–water partition coefficient (Wildman–Crippen LogP) is 3.47. The lowest BCUT2D eigenvalue weighted by molar-refractivity contribution is 0.0670. The fourth-order valence-corrected chi connectivity index (χ4v) is 3.82. The lowest BCUT2D eigenvalue weighted by atomic mass is 9.82. The maximum atomic E-state index is 11.5. The molecule has 4 heteroatoms. The Labute approximate surface area is 125 Å². The fraction of sp³-hybridized carbons (Fsp3) is 0.647. The van der Waals surface area contributed by atoms with Gasteiger partial charge in [-0.1, -0.05) is 13.8 Å². The molecule has 2 aliphatic rings. The van der Waals surface area contributed by atoms with Crippen molar-refractivity contribution in [2.24, 2.45) is 11.8 Å². The zero-order valence-electron chi connectivity index (χ0n) is 12.8. The zero-order valence-corrected chi connectivity index (χ0v) is 12.8. The molecule has 0 amide bonds. The van der Waals surface area contributed by atoms with E-state index in [-0.39, 0.29) is 11.7 Å². The first-order chi connectivity index (χ1) is 10.0. The van der Waals surface area contributed by atoms with Crippen LogP contribution in [0, 0.1) is 11.8 Å². The topological polar surface area (TPSA) is 59.4 Å². The third kappa shape index (κ3) is 3.04. The van der Waals surface area contributed by atoms with Crippen LogP contribution in [-0.4, -0.2) is 22.2 Å². The summed E-state index contributed by atoms with van der Waals surface area (Å²) in [6.07, 6.45) is 6.22. The average Bonchev–Trinajstić information content (AvgIpc) is 2.83. The van der Waals surface area contributed by atoms with Crippen LogP contribution in [0.25, 0.3) is 0 Å². The number of carbonyl (C=O) groups is 1. The van der Waals surface area contributed by atoms with Crippen LogP contribution in [-0.2, 0) is 12.8 Å². The molecule has 1 saturated carbocycles. The first-order valence-corrected chi connectivity index (χ1v) is 7.95. The summed E-state index contributed by atoms with van der Waals surface area (Å²) in [6.45, 7) is 4.47. The molecule has 0 saturated heterocycles. The number of rotatable bonds is 3. The van der Waals surface area contributed by atoms with Crippen molar-refractivity contribution in [2.45, 2.75) is 58.5 Å². The molecule has 1 aromatic rings. The maximum absolute atomic E-state index is 11.5. The van der Waals surface area contributed by atoms with Gasteiger partial charge in [0.15, 0.2) is 0 Å². The van der Waals surface area contributed by atoms with Gasteiger partial charge in [-0.15, -0.1) is 0 Å². The predicted molar refractivity (Wildman–Crippen MR) is 79.8 cm³/mol. The van der Waals surface area contributed by atoms with Crippen LogP contribution >= 0.6 is 0 Å². The molecule has 0 aliphatic heterocycles. The summed E-state index contributed by atoms with van der Waals surface area (Å²) in [7, 11) is 0. The first kappa shape index (κ1) is 14.4. The molecule has 21 heavy (non-hydrogen) atoms. The normalized spacial score (nSPS) is 28.2.